The minimum Gasteiger partial charge on any atom is -0.497 e. The molecular weight excluding hydrogens is 364 g/mol. The fourth-order valence-corrected chi connectivity index (χ4v) is 3.62. The van der Waals surface area contributed by atoms with Crippen LogP contribution in [0, 0.1) is 0 Å². The van der Waals surface area contributed by atoms with Crippen LogP contribution in [0.4, 0.5) is 11.6 Å². The highest BCUT2D eigenvalue weighted by molar-refractivity contribution is 7.17. The quantitative estimate of drug-likeness (QED) is 0.676. The number of anilines is 2. The van der Waals surface area contributed by atoms with Crippen molar-refractivity contribution < 1.29 is 9.53 Å². The molecule has 0 aliphatic rings. The van der Waals surface area contributed by atoms with Gasteiger partial charge in [0.1, 0.15) is 17.0 Å². The van der Waals surface area contributed by atoms with E-state index in [1.54, 1.807) is 31.4 Å². The zero-order chi connectivity index (χ0) is 19.4. The van der Waals surface area contributed by atoms with Crippen molar-refractivity contribution in [3.63, 3.8) is 0 Å². The summed E-state index contributed by atoms with van der Waals surface area (Å²) in [6, 6.07) is 8.87. The number of aromatic nitrogens is 2. The number of nitrogens with zero attached hydrogens (tertiary/aromatic N) is 3. The first-order valence-electron chi connectivity index (χ1n) is 8.74. The molecule has 2 heterocycles. The topological polar surface area (TPSA) is 76.5 Å². The van der Waals surface area contributed by atoms with Gasteiger partial charge in [-0.05, 0) is 49.6 Å². The maximum atomic E-state index is 12.9. The standard InChI is InChI=1S/C19H22N4O3S/c1-4-22(5-2)19-21-15-10-11-27-17(15)18(25)23(19)12-16(24)20-13-6-8-14(26-3)9-7-13/h6-11H,4-5,12H2,1-3H3,(H,20,24). The van der Waals surface area contributed by atoms with Crippen LogP contribution >= 0.6 is 11.3 Å². The summed E-state index contributed by atoms with van der Waals surface area (Å²) in [5.41, 5.74) is 1.11. The second kappa shape index (κ2) is 8.22. The van der Waals surface area contributed by atoms with Crippen molar-refractivity contribution in [1.29, 1.82) is 0 Å². The van der Waals surface area contributed by atoms with Crippen molar-refractivity contribution >= 4 is 39.1 Å². The van der Waals surface area contributed by atoms with Crippen LogP contribution in [0.3, 0.4) is 0 Å². The summed E-state index contributed by atoms with van der Waals surface area (Å²) >= 11 is 1.34. The van der Waals surface area contributed by atoms with Crippen molar-refractivity contribution in [3.05, 3.63) is 46.1 Å². The molecule has 3 aromatic rings. The normalized spacial score (nSPS) is 10.8. The van der Waals surface area contributed by atoms with E-state index in [0.717, 1.165) is 0 Å². The van der Waals surface area contributed by atoms with Gasteiger partial charge in [0.05, 0.1) is 12.6 Å². The molecule has 3 rings (SSSR count). The molecule has 142 valence electrons. The number of thiophene rings is 1. The summed E-state index contributed by atoms with van der Waals surface area (Å²) in [5, 5.41) is 4.66. The molecule has 0 spiro atoms. The van der Waals surface area contributed by atoms with E-state index in [0.29, 0.717) is 40.7 Å². The van der Waals surface area contributed by atoms with Crippen molar-refractivity contribution in [2.45, 2.75) is 20.4 Å². The highest BCUT2D eigenvalue weighted by Gasteiger charge is 2.18. The molecule has 0 bridgehead atoms. The summed E-state index contributed by atoms with van der Waals surface area (Å²) in [6.07, 6.45) is 0. The third-order valence-corrected chi connectivity index (χ3v) is 5.16. The summed E-state index contributed by atoms with van der Waals surface area (Å²) in [4.78, 5) is 32.1. The summed E-state index contributed by atoms with van der Waals surface area (Å²) in [6.45, 7) is 5.28. The second-order valence-corrected chi connectivity index (χ2v) is 6.80. The lowest BCUT2D eigenvalue weighted by atomic mass is 10.3. The number of rotatable bonds is 7. The first kappa shape index (κ1) is 18.9. The van der Waals surface area contributed by atoms with Crippen LogP contribution in [0.15, 0.2) is 40.5 Å². The smallest absolute Gasteiger partial charge is 0.273 e. The zero-order valence-electron chi connectivity index (χ0n) is 15.6. The molecule has 0 saturated heterocycles. The molecule has 0 fully saturated rings. The fraction of sp³-hybridized carbons (Fsp3) is 0.316. The van der Waals surface area contributed by atoms with E-state index in [1.807, 2.05) is 30.2 Å². The Morgan fingerprint density at radius 3 is 2.56 bits per heavy atom. The molecule has 2 aromatic heterocycles. The Morgan fingerprint density at radius 1 is 1.22 bits per heavy atom. The largest absolute Gasteiger partial charge is 0.497 e. The van der Waals surface area contributed by atoms with Gasteiger partial charge in [0.15, 0.2) is 0 Å². The monoisotopic (exact) mass is 386 g/mol. The van der Waals surface area contributed by atoms with Crippen molar-refractivity contribution in [1.82, 2.24) is 9.55 Å². The van der Waals surface area contributed by atoms with Gasteiger partial charge in [-0.1, -0.05) is 0 Å². The number of ether oxygens (including phenoxy) is 1. The summed E-state index contributed by atoms with van der Waals surface area (Å²) in [5.74, 6) is 0.939. The third kappa shape index (κ3) is 3.95. The first-order valence-corrected chi connectivity index (χ1v) is 9.62. The van der Waals surface area contributed by atoms with Gasteiger partial charge in [0.2, 0.25) is 11.9 Å². The SMILES string of the molecule is CCN(CC)c1nc2ccsc2c(=O)n1CC(=O)Nc1ccc(OC)cc1. The molecule has 7 nitrogen and oxygen atoms in total. The Labute approximate surface area is 161 Å². The molecule has 1 amide bonds. The van der Waals surface area contributed by atoms with Crippen LogP contribution in [0.2, 0.25) is 0 Å². The van der Waals surface area contributed by atoms with Gasteiger partial charge in [-0.3, -0.25) is 14.2 Å². The third-order valence-electron chi connectivity index (χ3n) is 4.27. The molecule has 0 atom stereocenters. The molecule has 0 aliphatic heterocycles. The Hall–Kier alpha value is -2.87. The molecule has 0 unspecified atom stereocenters. The van der Waals surface area contributed by atoms with Gasteiger partial charge in [-0.2, -0.15) is 0 Å². The van der Waals surface area contributed by atoms with Gasteiger partial charge < -0.3 is 15.0 Å². The van der Waals surface area contributed by atoms with E-state index in [2.05, 4.69) is 10.3 Å². The van der Waals surface area contributed by atoms with E-state index < -0.39 is 0 Å². The molecule has 0 aliphatic carbocycles. The van der Waals surface area contributed by atoms with Crippen LogP contribution in [-0.2, 0) is 11.3 Å². The van der Waals surface area contributed by atoms with Gasteiger partial charge in [-0.25, -0.2) is 4.98 Å². The highest BCUT2D eigenvalue weighted by Crippen LogP contribution is 2.20. The minimum atomic E-state index is -0.284. The van der Waals surface area contributed by atoms with E-state index >= 15 is 0 Å². The minimum absolute atomic E-state index is 0.0997. The number of carbonyl (C=O) groups excluding carboxylic acids is 1. The molecule has 1 N–H and O–H groups in total. The van der Waals surface area contributed by atoms with Crippen LogP contribution in [0.25, 0.3) is 10.2 Å². The number of hydrogen-bond acceptors (Lipinski definition) is 6. The van der Waals surface area contributed by atoms with E-state index in [-0.39, 0.29) is 18.0 Å². The second-order valence-electron chi connectivity index (χ2n) is 5.89. The average Bonchev–Trinajstić information content (AvgIpc) is 3.15. The number of fused-ring (bicyclic) bond motifs is 1. The highest BCUT2D eigenvalue weighted by atomic mass is 32.1. The Balaban J connectivity index is 1.91. The van der Waals surface area contributed by atoms with Crippen LogP contribution in [0.5, 0.6) is 5.75 Å². The average molecular weight is 386 g/mol. The number of amides is 1. The Morgan fingerprint density at radius 2 is 1.93 bits per heavy atom. The van der Waals surface area contributed by atoms with Crippen molar-refractivity contribution in [3.8, 4) is 5.75 Å². The Bertz CT molecular complexity index is 990. The fourth-order valence-electron chi connectivity index (χ4n) is 2.84. The van der Waals surface area contributed by atoms with Crippen molar-refractivity contribution in [2.75, 3.05) is 30.4 Å². The predicted octanol–water partition coefficient (Wildman–Crippen LogP) is 2.95. The van der Waals surface area contributed by atoms with Crippen LogP contribution in [-0.4, -0.2) is 35.7 Å². The van der Waals surface area contributed by atoms with Gasteiger partial charge in [-0.15, -0.1) is 11.3 Å². The van der Waals surface area contributed by atoms with Gasteiger partial charge in [0.25, 0.3) is 5.56 Å². The van der Waals surface area contributed by atoms with Gasteiger partial charge >= 0.3 is 0 Å². The number of carbonyl (C=O) groups is 1. The molecule has 1 aromatic carbocycles. The lowest BCUT2D eigenvalue weighted by Crippen LogP contribution is -2.35. The van der Waals surface area contributed by atoms with E-state index in [1.165, 1.54) is 15.9 Å². The maximum Gasteiger partial charge on any atom is 0.273 e. The van der Waals surface area contributed by atoms with Crippen molar-refractivity contribution in [2.24, 2.45) is 0 Å². The number of hydrogen-bond donors (Lipinski definition) is 1. The molecular formula is C19H22N4O3S. The lowest BCUT2D eigenvalue weighted by Gasteiger charge is -2.23. The Kier molecular flexibility index (Phi) is 5.75. The zero-order valence-corrected chi connectivity index (χ0v) is 16.4. The van der Waals surface area contributed by atoms with E-state index in [4.69, 9.17) is 4.74 Å². The number of nitrogens with one attached hydrogen (secondary N) is 1. The summed E-state index contributed by atoms with van der Waals surface area (Å²) < 4.78 is 7.12. The molecule has 8 heteroatoms. The van der Waals surface area contributed by atoms with Gasteiger partial charge in [0, 0.05) is 18.8 Å². The molecule has 0 saturated carbocycles. The lowest BCUT2D eigenvalue weighted by molar-refractivity contribution is -0.116. The predicted molar refractivity (Wildman–Crippen MR) is 109 cm³/mol. The molecule has 27 heavy (non-hydrogen) atoms. The molecule has 0 radical (unpaired) electrons. The maximum absolute atomic E-state index is 12.9. The number of methoxy groups -OCH3 is 1. The van der Waals surface area contributed by atoms with E-state index in [9.17, 15) is 9.59 Å². The summed E-state index contributed by atoms with van der Waals surface area (Å²) in [7, 11) is 1.59. The first-order chi connectivity index (χ1) is 13.1. The number of benzene rings is 1. The van der Waals surface area contributed by atoms with Crippen LogP contribution < -0.4 is 20.5 Å². The van der Waals surface area contributed by atoms with Crippen LogP contribution in [0.1, 0.15) is 13.8 Å².